The third kappa shape index (κ3) is 2.88. The summed E-state index contributed by atoms with van der Waals surface area (Å²) in [7, 11) is -1.73. The number of imidazole rings is 1. The molecule has 3 rings (SSSR count). The van der Waals surface area contributed by atoms with E-state index in [1.165, 1.54) is 6.33 Å². The van der Waals surface area contributed by atoms with Crippen LogP contribution >= 0.6 is 11.3 Å². The van der Waals surface area contributed by atoms with Gasteiger partial charge in [0.2, 0.25) is 0 Å². The van der Waals surface area contributed by atoms with Crippen LogP contribution in [-0.2, 0) is 17.1 Å². The summed E-state index contributed by atoms with van der Waals surface area (Å²) in [6.07, 6.45) is 4.90. The van der Waals surface area contributed by atoms with Crippen molar-refractivity contribution in [1.29, 1.82) is 0 Å². The summed E-state index contributed by atoms with van der Waals surface area (Å²) in [4.78, 5) is 8.49. The highest BCUT2D eigenvalue weighted by Gasteiger charge is 2.33. The van der Waals surface area contributed by atoms with Gasteiger partial charge in [0.1, 0.15) is 0 Å². The fourth-order valence-corrected chi connectivity index (χ4v) is 4.99. The molecule has 21 heavy (non-hydrogen) atoms. The summed E-state index contributed by atoms with van der Waals surface area (Å²) >= 11 is 1.62. The van der Waals surface area contributed by atoms with Gasteiger partial charge in [-0.3, -0.25) is 0 Å². The lowest BCUT2D eigenvalue weighted by atomic mass is 10.0. The summed E-state index contributed by atoms with van der Waals surface area (Å²) in [6, 6.07) is 0. The van der Waals surface area contributed by atoms with Gasteiger partial charge in [-0.25, -0.2) is 18.4 Å². The van der Waals surface area contributed by atoms with Crippen LogP contribution in [0.1, 0.15) is 29.5 Å². The molecule has 1 fully saturated rings. The zero-order valence-corrected chi connectivity index (χ0v) is 13.7. The van der Waals surface area contributed by atoms with E-state index in [-0.39, 0.29) is 10.9 Å². The predicted molar refractivity (Wildman–Crippen MR) is 80.8 cm³/mol. The van der Waals surface area contributed by atoms with Crippen LogP contribution in [0.15, 0.2) is 22.9 Å². The normalized spacial score (nSPS) is 20.8. The summed E-state index contributed by atoms with van der Waals surface area (Å²) < 4.78 is 28.4. The van der Waals surface area contributed by atoms with E-state index >= 15 is 0 Å². The van der Waals surface area contributed by atoms with Crippen molar-refractivity contribution in [2.45, 2.75) is 30.7 Å². The minimum atomic E-state index is -3.50. The number of hydrogen-bond acceptors (Lipinski definition) is 5. The van der Waals surface area contributed by atoms with Crippen molar-refractivity contribution in [3.63, 3.8) is 0 Å². The molecule has 1 aliphatic heterocycles. The Hall–Kier alpha value is -1.25. The van der Waals surface area contributed by atoms with Crippen molar-refractivity contribution in [2.75, 3.05) is 13.1 Å². The van der Waals surface area contributed by atoms with E-state index < -0.39 is 10.0 Å². The Morgan fingerprint density at radius 1 is 1.43 bits per heavy atom. The van der Waals surface area contributed by atoms with Gasteiger partial charge >= 0.3 is 0 Å². The van der Waals surface area contributed by atoms with Gasteiger partial charge in [0, 0.05) is 43.3 Å². The van der Waals surface area contributed by atoms with Gasteiger partial charge in [0.15, 0.2) is 5.03 Å². The SMILES string of the molecule is Cc1csc(C2CCCN(S(=O)(=O)c3cn(C)cn3)C2)n1. The third-order valence-corrected chi connectivity index (χ3v) is 6.53. The van der Waals surface area contributed by atoms with Crippen LogP contribution in [0.25, 0.3) is 0 Å². The van der Waals surface area contributed by atoms with E-state index in [0.717, 1.165) is 23.5 Å². The van der Waals surface area contributed by atoms with Crippen molar-refractivity contribution < 1.29 is 8.42 Å². The van der Waals surface area contributed by atoms with Crippen LogP contribution in [0.5, 0.6) is 0 Å². The molecule has 0 spiro atoms. The Bertz CT molecular complexity index is 735. The summed E-state index contributed by atoms with van der Waals surface area (Å²) in [6.45, 7) is 3.01. The topological polar surface area (TPSA) is 68.1 Å². The molecule has 3 heterocycles. The number of nitrogens with zero attached hydrogens (tertiary/aromatic N) is 4. The van der Waals surface area contributed by atoms with Crippen LogP contribution in [0, 0.1) is 6.92 Å². The zero-order valence-electron chi connectivity index (χ0n) is 12.1. The van der Waals surface area contributed by atoms with Gasteiger partial charge in [-0.2, -0.15) is 4.31 Å². The highest BCUT2D eigenvalue weighted by Crippen LogP contribution is 2.31. The van der Waals surface area contributed by atoms with Crippen LogP contribution in [0.4, 0.5) is 0 Å². The lowest BCUT2D eigenvalue weighted by molar-refractivity contribution is 0.314. The van der Waals surface area contributed by atoms with Gasteiger partial charge in [0.25, 0.3) is 10.0 Å². The average Bonchev–Trinajstić information content (AvgIpc) is 3.08. The van der Waals surface area contributed by atoms with Crippen molar-refractivity contribution >= 4 is 21.4 Å². The molecule has 0 radical (unpaired) electrons. The van der Waals surface area contributed by atoms with Gasteiger partial charge in [0.05, 0.1) is 11.3 Å². The maximum Gasteiger partial charge on any atom is 0.262 e. The molecule has 8 heteroatoms. The summed E-state index contributed by atoms with van der Waals surface area (Å²) in [5, 5.41) is 3.18. The maximum atomic E-state index is 12.6. The van der Waals surface area contributed by atoms with Crippen molar-refractivity contribution in [3.8, 4) is 0 Å². The molecular formula is C13H18N4O2S2. The minimum absolute atomic E-state index is 0.126. The molecule has 0 amide bonds. The Kier molecular flexibility index (Phi) is 3.85. The maximum absolute atomic E-state index is 12.6. The van der Waals surface area contributed by atoms with Crippen LogP contribution in [0.2, 0.25) is 0 Å². The van der Waals surface area contributed by atoms with Gasteiger partial charge in [-0.15, -0.1) is 11.3 Å². The molecular weight excluding hydrogens is 308 g/mol. The predicted octanol–water partition coefficient (Wildman–Crippen LogP) is 1.75. The molecule has 0 bridgehead atoms. The standard InChI is InChI=1S/C13H18N4O2S2/c1-10-8-20-13(15-10)11-4-3-5-17(6-11)21(18,19)12-7-16(2)9-14-12/h7-9,11H,3-6H2,1-2H3. The monoisotopic (exact) mass is 326 g/mol. The fraction of sp³-hybridized carbons (Fsp3) is 0.538. The molecule has 1 atom stereocenters. The summed E-state index contributed by atoms with van der Waals surface area (Å²) in [5.74, 6) is 0.191. The minimum Gasteiger partial charge on any atom is -0.339 e. The Morgan fingerprint density at radius 2 is 2.24 bits per heavy atom. The van der Waals surface area contributed by atoms with E-state index in [1.54, 1.807) is 33.5 Å². The first kappa shape index (κ1) is 14.7. The van der Waals surface area contributed by atoms with E-state index in [0.29, 0.717) is 13.1 Å². The Labute approximate surface area is 128 Å². The van der Waals surface area contributed by atoms with E-state index in [1.807, 2.05) is 12.3 Å². The molecule has 6 nitrogen and oxygen atoms in total. The van der Waals surface area contributed by atoms with Crippen LogP contribution in [-0.4, -0.2) is 40.3 Å². The van der Waals surface area contributed by atoms with Crippen molar-refractivity contribution in [1.82, 2.24) is 18.8 Å². The number of thiazole rings is 1. The van der Waals surface area contributed by atoms with E-state index in [9.17, 15) is 8.42 Å². The number of hydrogen-bond donors (Lipinski definition) is 0. The average molecular weight is 326 g/mol. The molecule has 2 aromatic heterocycles. The first-order chi connectivity index (χ1) is 9.96. The molecule has 114 valence electrons. The first-order valence-electron chi connectivity index (χ1n) is 6.87. The molecule has 0 aromatic carbocycles. The molecule has 0 saturated carbocycles. The van der Waals surface area contributed by atoms with E-state index in [4.69, 9.17) is 0 Å². The molecule has 0 aliphatic carbocycles. The lowest BCUT2D eigenvalue weighted by Gasteiger charge is -2.30. The smallest absolute Gasteiger partial charge is 0.262 e. The van der Waals surface area contributed by atoms with Crippen molar-refractivity contribution in [2.24, 2.45) is 7.05 Å². The second-order valence-electron chi connectivity index (χ2n) is 5.41. The third-order valence-electron chi connectivity index (χ3n) is 3.66. The van der Waals surface area contributed by atoms with Crippen LogP contribution in [0.3, 0.4) is 0 Å². The Morgan fingerprint density at radius 3 is 2.86 bits per heavy atom. The fourth-order valence-electron chi connectivity index (χ4n) is 2.58. The number of aromatic nitrogens is 3. The summed E-state index contributed by atoms with van der Waals surface area (Å²) in [5.41, 5.74) is 1.000. The molecule has 1 unspecified atom stereocenters. The quantitative estimate of drug-likeness (QED) is 0.862. The number of rotatable bonds is 3. The van der Waals surface area contributed by atoms with Crippen LogP contribution < -0.4 is 0 Å². The largest absolute Gasteiger partial charge is 0.339 e. The molecule has 2 aromatic rings. The number of sulfonamides is 1. The highest BCUT2D eigenvalue weighted by atomic mass is 32.2. The van der Waals surface area contributed by atoms with E-state index in [2.05, 4.69) is 9.97 Å². The Balaban J connectivity index is 1.83. The molecule has 1 saturated heterocycles. The van der Waals surface area contributed by atoms with Gasteiger partial charge in [-0.05, 0) is 19.8 Å². The first-order valence-corrected chi connectivity index (χ1v) is 9.19. The molecule has 1 aliphatic rings. The lowest BCUT2D eigenvalue weighted by Crippen LogP contribution is -2.39. The number of aryl methyl sites for hydroxylation is 2. The highest BCUT2D eigenvalue weighted by molar-refractivity contribution is 7.89. The second-order valence-corrected chi connectivity index (χ2v) is 8.18. The van der Waals surface area contributed by atoms with Crippen molar-refractivity contribution in [3.05, 3.63) is 28.6 Å². The second kappa shape index (κ2) is 5.51. The zero-order chi connectivity index (χ0) is 15.0. The molecule has 0 N–H and O–H groups in total. The van der Waals surface area contributed by atoms with Gasteiger partial charge in [-0.1, -0.05) is 0 Å². The number of piperidine rings is 1. The van der Waals surface area contributed by atoms with Gasteiger partial charge < -0.3 is 4.57 Å².